The van der Waals surface area contributed by atoms with Gasteiger partial charge in [0, 0.05) is 18.1 Å². The van der Waals surface area contributed by atoms with Crippen molar-refractivity contribution >= 4 is 16.9 Å². The quantitative estimate of drug-likeness (QED) is 0.345. The highest BCUT2D eigenvalue weighted by atomic mass is 16.5. The van der Waals surface area contributed by atoms with E-state index in [1.165, 1.54) is 0 Å². The fourth-order valence-corrected chi connectivity index (χ4v) is 1.80. The smallest absolute Gasteiger partial charge is 0.328 e. The van der Waals surface area contributed by atoms with Crippen LogP contribution in [0.2, 0.25) is 0 Å². The van der Waals surface area contributed by atoms with Gasteiger partial charge in [-0.2, -0.15) is 0 Å². The fourth-order valence-electron chi connectivity index (χ4n) is 1.80. The first kappa shape index (κ1) is 19.9. The Labute approximate surface area is 139 Å². The minimum absolute atomic E-state index is 0.344. The van der Waals surface area contributed by atoms with Crippen molar-refractivity contribution in [3.63, 3.8) is 0 Å². The van der Waals surface area contributed by atoms with Crippen LogP contribution in [0.4, 0.5) is 0 Å². The van der Waals surface area contributed by atoms with Crippen molar-refractivity contribution in [2.24, 2.45) is 0 Å². The van der Waals surface area contributed by atoms with E-state index in [1.54, 1.807) is 6.26 Å². The number of carbonyl (C=O) groups is 1. The van der Waals surface area contributed by atoms with Crippen LogP contribution in [-0.2, 0) is 9.53 Å². The van der Waals surface area contributed by atoms with Crippen LogP contribution in [-0.4, -0.2) is 45.9 Å². The van der Waals surface area contributed by atoms with E-state index >= 15 is 0 Å². The number of ether oxygens (including phenoxy) is 1. The highest BCUT2D eigenvalue weighted by molar-refractivity contribution is 5.79. The minimum atomic E-state index is -1.67. The van der Waals surface area contributed by atoms with Crippen LogP contribution in [0.1, 0.15) is 25.0 Å². The molecule has 0 aliphatic rings. The topological polar surface area (TPSA) is 120 Å². The van der Waals surface area contributed by atoms with Crippen LogP contribution in [0.3, 0.4) is 0 Å². The number of carboxylic acids is 1. The molecular formula is C17H22O7. The molecule has 132 valence electrons. The molecule has 0 saturated carbocycles. The Hall–Kier alpha value is -2.19. The van der Waals surface area contributed by atoms with Crippen molar-refractivity contribution in [3.05, 3.63) is 48.2 Å². The van der Waals surface area contributed by atoms with Crippen molar-refractivity contribution in [1.82, 2.24) is 0 Å². The molecule has 0 fully saturated rings. The zero-order valence-electron chi connectivity index (χ0n) is 13.3. The van der Waals surface area contributed by atoms with Gasteiger partial charge < -0.3 is 29.6 Å². The van der Waals surface area contributed by atoms with Crippen molar-refractivity contribution in [3.8, 4) is 0 Å². The normalized spacial score (nSPS) is 12.4. The Kier molecular flexibility index (Phi) is 8.74. The van der Waals surface area contributed by atoms with Gasteiger partial charge in [-0.3, -0.25) is 0 Å². The van der Waals surface area contributed by atoms with E-state index < -0.39 is 18.4 Å². The first-order valence-corrected chi connectivity index (χ1v) is 7.44. The molecule has 7 heteroatoms. The van der Waals surface area contributed by atoms with E-state index in [1.807, 2.05) is 31.2 Å². The number of fused-ring (bicyclic) bond motifs is 1. The summed E-state index contributed by atoms with van der Waals surface area (Å²) in [4.78, 5) is 9.59. The van der Waals surface area contributed by atoms with Gasteiger partial charge in [0.25, 0.3) is 0 Å². The van der Waals surface area contributed by atoms with E-state index in [9.17, 15) is 9.90 Å². The molecule has 0 amide bonds. The van der Waals surface area contributed by atoms with Gasteiger partial charge >= 0.3 is 5.97 Å². The van der Waals surface area contributed by atoms with Crippen LogP contribution in [0.25, 0.3) is 11.0 Å². The fraction of sp³-hybridized carbons (Fsp3) is 0.353. The predicted molar refractivity (Wildman–Crippen MR) is 87.3 cm³/mol. The highest BCUT2D eigenvalue weighted by Crippen LogP contribution is 2.21. The van der Waals surface area contributed by atoms with Crippen molar-refractivity contribution in [2.45, 2.75) is 25.7 Å². The molecule has 0 spiro atoms. The SMILES string of the molecule is CCCOCC(O)c1ccc2occc2c1.O=C(O)/C=C/C(O)O. The third-order valence-electron chi connectivity index (χ3n) is 2.90. The average molecular weight is 338 g/mol. The summed E-state index contributed by atoms with van der Waals surface area (Å²) in [6, 6.07) is 7.55. The lowest BCUT2D eigenvalue weighted by molar-refractivity contribution is -0.131. The van der Waals surface area contributed by atoms with Crippen molar-refractivity contribution in [2.75, 3.05) is 13.2 Å². The molecule has 1 aromatic heterocycles. The summed E-state index contributed by atoms with van der Waals surface area (Å²) in [7, 11) is 0. The lowest BCUT2D eigenvalue weighted by Crippen LogP contribution is -2.07. The van der Waals surface area contributed by atoms with Gasteiger partial charge in [-0.1, -0.05) is 13.0 Å². The second-order valence-corrected chi connectivity index (χ2v) is 4.92. The Morgan fingerprint density at radius 1 is 1.29 bits per heavy atom. The third kappa shape index (κ3) is 7.38. The Morgan fingerprint density at radius 3 is 2.62 bits per heavy atom. The number of hydrogen-bond donors (Lipinski definition) is 4. The number of hydrogen-bond acceptors (Lipinski definition) is 6. The molecule has 1 heterocycles. The maximum Gasteiger partial charge on any atom is 0.328 e. The number of carboxylic acid groups (broad SMARTS) is 1. The largest absolute Gasteiger partial charge is 0.478 e. The van der Waals surface area contributed by atoms with Crippen molar-refractivity contribution in [1.29, 1.82) is 0 Å². The Morgan fingerprint density at radius 2 is 2.04 bits per heavy atom. The van der Waals surface area contributed by atoms with Gasteiger partial charge in [-0.25, -0.2) is 4.79 Å². The third-order valence-corrected chi connectivity index (χ3v) is 2.90. The second kappa shape index (κ2) is 10.6. The average Bonchev–Trinajstić information content (AvgIpc) is 3.01. The molecular weight excluding hydrogens is 316 g/mol. The van der Waals surface area contributed by atoms with Crippen LogP contribution in [0.15, 0.2) is 47.1 Å². The maximum atomic E-state index is 9.89. The molecule has 0 radical (unpaired) electrons. The zero-order valence-corrected chi connectivity index (χ0v) is 13.3. The molecule has 1 atom stereocenters. The van der Waals surface area contributed by atoms with Gasteiger partial charge in [0.2, 0.25) is 0 Å². The van der Waals surface area contributed by atoms with Crippen LogP contribution in [0.5, 0.6) is 0 Å². The van der Waals surface area contributed by atoms with Gasteiger partial charge in [0.15, 0.2) is 6.29 Å². The number of rotatable bonds is 7. The number of aliphatic hydroxyl groups excluding tert-OH is 2. The summed E-state index contributed by atoms with van der Waals surface area (Å²) >= 11 is 0. The summed E-state index contributed by atoms with van der Waals surface area (Å²) in [5.41, 5.74) is 1.70. The number of benzene rings is 1. The monoisotopic (exact) mass is 338 g/mol. The predicted octanol–water partition coefficient (Wildman–Crippen LogP) is 1.83. The molecule has 2 aromatic rings. The molecule has 1 unspecified atom stereocenters. The molecule has 0 aliphatic heterocycles. The number of aliphatic carboxylic acids is 1. The first-order valence-electron chi connectivity index (χ1n) is 7.44. The van der Waals surface area contributed by atoms with E-state index in [4.69, 9.17) is 24.5 Å². The minimum Gasteiger partial charge on any atom is -0.478 e. The van der Waals surface area contributed by atoms with Crippen LogP contribution >= 0.6 is 0 Å². The molecule has 2 rings (SSSR count). The summed E-state index contributed by atoms with van der Waals surface area (Å²) in [5, 5.41) is 34.8. The molecule has 1 aromatic carbocycles. The zero-order chi connectivity index (χ0) is 17.9. The maximum absolute atomic E-state index is 9.89. The number of aliphatic hydroxyl groups is 3. The highest BCUT2D eigenvalue weighted by Gasteiger charge is 2.08. The standard InChI is InChI=1S/C13H16O3.C4H6O4/c1-2-6-15-9-12(14)10-3-4-13-11(8-10)5-7-16-13;5-3(6)1-2-4(7)8/h3-5,7-8,12,14H,2,6,9H2,1H3;1-3,5-6H,(H,7,8)/b;2-1+. The van der Waals surface area contributed by atoms with E-state index in [0.717, 1.165) is 29.0 Å². The van der Waals surface area contributed by atoms with Gasteiger partial charge in [0.05, 0.1) is 12.9 Å². The first-order chi connectivity index (χ1) is 11.4. The lowest BCUT2D eigenvalue weighted by Gasteiger charge is -2.11. The Balaban J connectivity index is 0.000000307. The van der Waals surface area contributed by atoms with E-state index in [2.05, 4.69) is 0 Å². The number of furan rings is 1. The molecule has 7 nitrogen and oxygen atoms in total. The molecule has 4 N–H and O–H groups in total. The van der Waals surface area contributed by atoms with Crippen LogP contribution in [0, 0.1) is 0 Å². The van der Waals surface area contributed by atoms with E-state index in [0.29, 0.717) is 19.3 Å². The second-order valence-electron chi connectivity index (χ2n) is 4.92. The summed E-state index contributed by atoms with van der Waals surface area (Å²) in [6.45, 7) is 3.08. The molecule has 24 heavy (non-hydrogen) atoms. The molecule has 0 saturated heterocycles. The van der Waals surface area contributed by atoms with Gasteiger partial charge in [-0.15, -0.1) is 0 Å². The van der Waals surface area contributed by atoms with Crippen molar-refractivity contribution < 1.29 is 34.4 Å². The van der Waals surface area contributed by atoms with Gasteiger partial charge in [-0.05, 0) is 36.3 Å². The van der Waals surface area contributed by atoms with E-state index in [-0.39, 0.29) is 0 Å². The lowest BCUT2D eigenvalue weighted by atomic mass is 10.1. The summed E-state index contributed by atoms with van der Waals surface area (Å²) < 4.78 is 10.6. The molecule has 0 bridgehead atoms. The summed E-state index contributed by atoms with van der Waals surface area (Å²) in [5.74, 6) is -1.20. The Bertz CT molecular complexity index is 645. The summed E-state index contributed by atoms with van der Waals surface area (Å²) in [6.07, 6.45) is 1.78. The van der Waals surface area contributed by atoms with Crippen LogP contribution < -0.4 is 0 Å². The van der Waals surface area contributed by atoms with Gasteiger partial charge in [0.1, 0.15) is 11.7 Å². The molecule has 0 aliphatic carbocycles.